The summed E-state index contributed by atoms with van der Waals surface area (Å²) in [5, 5.41) is 7.55. The third-order valence-electron chi connectivity index (χ3n) is 5.47. The third kappa shape index (κ3) is 6.79. The van der Waals surface area contributed by atoms with E-state index in [0.717, 1.165) is 55.4 Å². The lowest BCUT2D eigenvalue weighted by atomic mass is 9.88. The SMILES string of the molecule is CCNC(=NCc1ccc(Cl)cc1)NC1CCN(C(=O)C2CCCCC2)C1.I. The highest BCUT2D eigenvalue weighted by Crippen LogP contribution is 2.26. The second-order valence-corrected chi connectivity index (χ2v) is 8.01. The number of carbonyl (C=O) groups excluding carboxylic acids is 1. The molecule has 1 aromatic carbocycles. The maximum Gasteiger partial charge on any atom is 0.225 e. The highest BCUT2D eigenvalue weighted by molar-refractivity contribution is 14.0. The molecule has 0 aromatic heterocycles. The average Bonchev–Trinajstić information content (AvgIpc) is 3.16. The highest BCUT2D eigenvalue weighted by Gasteiger charge is 2.31. The van der Waals surface area contributed by atoms with Gasteiger partial charge in [0.25, 0.3) is 0 Å². The van der Waals surface area contributed by atoms with Gasteiger partial charge in [-0.2, -0.15) is 0 Å². The molecule has 1 aliphatic carbocycles. The van der Waals surface area contributed by atoms with Crippen molar-refractivity contribution in [2.24, 2.45) is 10.9 Å². The number of guanidine groups is 1. The molecule has 5 nitrogen and oxygen atoms in total. The number of amides is 1. The first kappa shape index (κ1) is 23.3. The molecule has 1 amide bonds. The Morgan fingerprint density at radius 2 is 1.89 bits per heavy atom. The molecule has 1 atom stereocenters. The van der Waals surface area contributed by atoms with Crippen LogP contribution in [0.2, 0.25) is 5.02 Å². The molecular weight excluding hydrogens is 487 g/mol. The Balaban J connectivity index is 0.00000280. The zero-order chi connectivity index (χ0) is 19.1. The first-order valence-corrected chi connectivity index (χ1v) is 10.6. The van der Waals surface area contributed by atoms with Gasteiger partial charge in [0.05, 0.1) is 6.54 Å². The molecule has 7 heteroatoms. The standard InChI is InChI=1S/C21H31ClN4O.HI/c1-2-23-21(24-14-16-8-10-18(22)11-9-16)25-19-12-13-26(15-19)20(27)17-6-4-3-5-7-17;/h8-11,17,19H,2-7,12-15H2,1H3,(H2,23,24,25);1H. The molecule has 2 aliphatic rings. The van der Waals surface area contributed by atoms with Crippen molar-refractivity contribution in [2.75, 3.05) is 19.6 Å². The normalized spacial score (nSPS) is 20.6. The molecule has 28 heavy (non-hydrogen) atoms. The van der Waals surface area contributed by atoms with E-state index in [2.05, 4.69) is 27.4 Å². The summed E-state index contributed by atoms with van der Waals surface area (Å²) in [5.74, 6) is 1.43. The zero-order valence-electron chi connectivity index (χ0n) is 16.6. The van der Waals surface area contributed by atoms with Crippen LogP contribution in [0, 0.1) is 5.92 Å². The largest absolute Gasteiger partial charge is 0.357 e. The Labute approximate surface area is 190 Å². The van der Waals surface area contributed by atoms with Gasteiger partial charge in [-0.05, 0) is 43.9 Å². The zero-order valence-corrected chi connectivity index (χ0v) is 19.7. The van der Waals surface area contributed by atoms with Crippen molar-refractivity contribution in [3.8, 4) is 0 Å². The lowest BCUT2D eigenvalue weighted by molar-refractivity contribution is -0.135. The van der Waals surface area contributed by atoms with E-state index in [1.54, 1.807) is 0 Å². The van der Waals surface area contributed by atoms with Gasteiger partial charge in [-0.3, -0.25) is 4.79 Å². The number of benzene rings is 1. The fourth-order valence-corrected chi connectivity index (χ4v) is 4.09. The minimum Gasteiger partial charge on any atom is -0.357 e. The van der Waals surface area contributed by atoms with Gasteiger partial charge in [-0.25, -0.2) is 4.99 Å². The average molecular weight is 519 g/mol. The van der Waals surface area contributed by atoms with Gasteiger partial charge in [0, 0.05) is 36.6 Å². The summed E-state index contributed by atoms with van der Waals surface area (Å²) in [4.78, 5) is 19.5. The summed E-state index contributed by atoms with van der Waals surface area (Å²) in [6.45, 7) is 5.10. The van der Waals surface area contributed by atoms with Crippen molar-refractivity contribution in [2.45, 2.75) is 58.0 Å². The maximum absolute atomic E-state index is 12.7. The molecule has 0 radical (unpaired) electrons. The van der Waals surface area contributed by atoms with Gasteiger partial charge in [0.15, 0.2) is 5.96 Å². The molecule has 3 rings (SSSR count). The summed E-state index contributed by atoms with van der Waals surface area (Å²) in [5.41, 5.74) is 1.12. The van der Waals surface area contributed by atoms with E-state index in [9.17, 15) is 4.79 Å². The number of hydrogen-bond donors (Lipinski definition) is 2. The lowest BCUT2D eigenvalue weighted by Gasteiger charge is -2.26. The fraction of sp³-hybridized carbons (Fsp3) is 0.619. The highest BCUT2D eigenvalue weighted by atomic mass is 127. The first-order chi connectivity index (χ1) is 13.2. The second kappa shape index (κ2) is 11.9. The second-order valence-electron chi connectivity index (χ2n) is 7.57. The number of halogens is 2. The van der Waals surface area contributed by atoms with Crippen LogP contribution in [-0.4, -0.2) is 42.4 Å². The monoisotopic (exact) mass is 518 g/mol. The van der Waals surface area contributed by atoms with Crippen LogP contribution in [-0.2, 0) is 11.3 Å². The minimum absolute atomic E-state index is 0. The van der Waals surface area contributed by atoms with Crippen molar-refractivity contribution >= 4 is 47.4 Å². The van der Waals surface area contributed by atoms with Crippen LogP contribution >= 0.6 is 35.6 Å². The molecule has 1 aromatic rings. The van der Waals surface area contributed by atoms with Gasteiger partial charge < -0.3 is 15.5 Å². The minimum atomic E-state index is 0. The van der Waals surface area contributed by atoms with Crippen molar-refractivity contribution < 1.29 is 4.79 Å². The molecule has 156 valence electrons. The Morgan fingerprint density at radius 1 is 1.18 bits per heavy atom. The van der Waals surface area contributed by atoms with Gasteiger partial charge in [-0.1, -0.05) is 43.0 Å². The van der Waals surface area contributed by atoms with Gasteiger partial charge in [0.1, 0.15) is 0 Å². The number of rotatable bonds is 5. The van der Waals surface area contributed by atoms with Gasteiger partial charge in [0.2, 0.25) is 5.91 Å². The van der Waals surface area contributed by atoms with Crippen LogP contribution in [0.4, 0.5) is 0 Å². The maximum atomic E-state index is 12.7. The molecule has 1 heterocycles. The predicted octanol–water partition coefficient (Wildman–Crippen LogP) is 4.19. The number of aliphatic imine (C=N–C) groups is 1. The number of likely N-dealkylation sites (tertiary alicyclic amines) is 1. The first-order valence-electron chi connectivity index (χ1n) is 10.2. The van der Waals surface area contributed by atoms with Gasteiger partial charge >= 0.3 is 0 Å². The molecule has 2 N–H and O–H groups in total. The van der Waals surface area contributed by atoms with E-state index >= 15 is 0 Å². The molecule has 1 aliphatic heterocycles. The van der Waals surface area contributed by atoms with E-state index in [1.165, 1.54) is 19.3 Å². The smallest absolute Gasteiger partial charge is 0.225 e. The van der Waals surface area contributed by atoms with Crippen LogP contribution in [0.15, 0.2) is 29.3 Å². The molecule has 1 saturated heterocycles. The number of nitrogens with one attached hydrogen (secondary N) is 2. The van der Waals surface area contributed by atoms with Crippen LogP contribution < -0.4 is 10.6 Å². The Hall–Kier alpha value is -1.02. The predicted molar refractivity (Wildman–Crippen MR) is 126 cm³/mol. The van der Waals surface area contributed by atoms with Crippen molar-refractivity contribution in [3.05, 3.63) is 34.9 Å². The van der Waals surface area contributed by atoms with Crippen LogP contribution in [0.5, 0.6) is 0 Å². The van der Waals surface area contributed by atoms with E-state index < -0.39 is 0 Å². The lowest BCUT2D eigenvalue weighted by Crippen LogP contribution is -2.45. The summed E-state index contributed by atoms with van der Waals surface area (Å²) in [6, 6.07) is 8.03. The summed E-state index contributed by atoms with van der Waals surface area (Å²) >= 11 is 5.94. The van der Waals surface area contributed by atoms with Crippen molar-refractivity contribution in [3.63, 3.8) is 0 Å². The fourth-order valence-electron chi connectivity index (χ4n) is 3.96. The number of carbonyl (C=O) groups is 1. The molecule has 0 spiro atoms. The summed E-state index contributed by atoms with van der Waals surface area (Å²) in [6.07, 6.45) is 6.80. The molecular formula is C21H32ClIN4O. The van der Waals surface area contributed by atoms with Gasteiger partial charge in [-0.15, -0.1) is 24.0 Å². The number of hydrogen-bond acceptors (Lipinski definition) is 2. The molecule has 2 fully saturated rings. The van der Waals surface area contributed by atoms with Crippen LogP contribution in [0.3, 0.4) is 0 Å². The summed E-state index contributed by atoms with van der Waals surface area (Å²) in [7, 11) is 0. The topological polar surface area (TPSA) is 56.7 Å². The van der Waals surface area contributed by atoms with E-state index in [1.807, 2.05) is 24.3 Å². The summed E-state index contributed by atoms with van der Waals surface area (Å²) < 4.78 is 0. The van der Waals surface area contributed by atoms with Crippen LogP contribution in [0.1, 0.15) is 51.0 Å². The van der Waals surface area contributed by atoms with E-state index in [0.29, 0.717) is 12.5 Å². The molecule has 0 bridgehead atoms. The molecule has 1 saturated carbocycles. The van der Waals surface area contributed by atoms with Crippen LogP contribution in [0.25, 0.3) is 0 Å². The Kier molecular flexibility index (Phi) is 9.85. The van der Waals surface area contributed by atoms with E-state index in [4.69, 9.17) is 11.6 Å². The van der Waals surface area contributed by atoms with Crippen molar-refractivity contribution in [1.82, 2.24) is 15.5 Å². The third-order valence-corrected chi connectivity index (χ3v) is 5.72. The quantitative estimate of drug-likeness (QED) is 0.349. The van der Waals surface area contributed by atoms with E-state index in [-0.39, 0.29) is 35.9 Å². The Morgan fingerprint density at radius 3 is 2.57 bits per heavy atom. The molecule has 1 unspecified atom stereocenters. The Bertz CT molecular complexity index is 646. The van der Waals surface area contributed by atoms with Crippen molar-refractivity contribution in [1.29, 1.82) is 0 Å². The number of nitrogens with zero attached hydrogens (tertiary/aromatic N) is 2.